The van der Waals surface area contributed by atoms with Crippen LogP contribution in [0.25, 0.3) is 16.0 Å². The molecule has 1 aromatic heterocycles. The van der Waals surface area contributed by atoms with Crippen LogP contribution < -0.4 is 35.8 Å². The lowest BCUT2D eigenvalue weighted by molar-refractivity contribution is -0.144. The largest absolute Gasteiger partial charge is 0.501 e. The van der Waals surface area contributed by atoms with Crippen LogP contribution in [0, 0.1) is 17.8 Å². The molecule has 1 unspecified atom stereocenters. The van der Waals surface area contributed by atoms with Crippen molar-refractivity contribution in [1.82, 2.24) is 50.2 Å². The number of piperazine rings is 2. The Morgan fingerprint density at radius 3 is 1.99 bits per heavy atom. The van der Waals surface area contributed by atoms with Gasteiger partial charge in [-0.1, -0.05) is 106 Å². The number of aryl methyl sites for hydroxylation is 1. The lowest BCUT2D eigenvalue weighted by Gasteiger charge is -2.42. The number of thiazole rings is 1. The number of morpholine rings is 1. The number of sulfone groups is 1. The molecule has 5 aliphatic rings. The first-order chi connectivity index (χ1) is 58.1. The van der Waals surface area contributed by atoms with Gasteiger partial charge in [0.2, 0.25) is 17.7 Å². The molecular formula is C90H115ClF3N13O11S4. The number of alkyl halides is 3. The first kappa shape index (κ1) is 92.7. The number of benzene rings is 6. The molecule has 0 bridgehead atoms. The maximum atomic E-state index is 14.4. The van der Waals surface area contributed by atoms with Gasteiger partial charge in [-0.05, 0) is 184 Å². The summed E-state index contributed by atoms with van der Waals surface area (Å²) in [6.45, 7) is 25.1. The Kier molecular flexibility index (Phi) is 31.6. The van der Waals surface area contributed by atoms with E-state index in [1.165, 1.54) is 45.5 Å². The summed E-state index contributed by atoms with van der Waals surface area (Å²) in [5, 5.41) is 23.5. The monoisotopic (exact) mass is 1770 g/mol. The highest BCUT2D eigenvalue weighted by atomic mass is 35.5. The van der Waals surface area contributed by atoms with Gasteiger partial charge in [0, 0.05) is 168 Å². The van der Waals surface area contributed by atoms with E-state index < -0.39 is 82.3 Å². The van der Waals surface area contributed by atoms with Crippen LogP contribution >= 0.6 is 34.7 Å². The van der Waals surface area contributed by atoms with Crippen LogP contribution in [-0.2, 0) is 39.0 Å². The van der Waals surface area contributed by atoms with E-state index in [1.54, 1.807) is 23.5 Å². The zero-order chi connectivity index (χ0) is 87.1. The number of aromatic nitrogens is 1. The maximum absolute atomic E-state index is 14.4. The summed E-state index contributed by atoms with van der Waals surface area (Å²) in [6, 6.07) is 39.2. The molecule has 1 aliphatic carbocycles. The van der Waals surface area contributed by atoms with Crippen molar-refractivity contribution < 1.29 is 63.8 Å². The molecule has 6 aromatic carbocycles. The third-order valence-electron chi connectivity index (χ3n) is 23.8. The predicted molar refractivity (Wildman–Crippen MR) is 476 cm³/mol. The fourth-order valence-corrected chi connectivity index (χ4v) is 20.7. The van der Waals surface area contributed by atoms with Crippen LogP contribution in [-0.4, -0.2) is 248 Å². The number of likely N-dealkylation sites (N-methyl/N-ethyl adjacent to an activating group) is 1. The zero-order valence-corrected chi connectivity index (χ0v) is 74.6. The van der Waals surface area contributed by atoms with Crippen molar-refractivity contribution in [2.45, 2.75) is 150 Å². The number of rotatable bonds is 35. The summed E-state index contributed by atoms with van der Waals surface area (Å²) >= 11 is 9.43. The van der Waals surface area contributed by atoms with E-state index in [9.17, 15) is 59.1 Å². The number of unbranched alkanes of at least 4 members (excludes halogenated alkanes) is 2. The molecule has 5 amide bonds. The Morgan fingerprint density at radius 2 is 1.37 bits per heavy atom. The Morgan fingerprint density at radius 1 is 0.746 bits per heavy atom. The minimum Gasteiger partial charge on any atom is -0.391 e. The number of nitrogens with one attached hydrogen (secondary N) is 5. The summed E-state index contributed by atoms with van der Waals surface area (Å²) < 4.78 is 105. The Hall–Kier alpha value is -8.47. The number of carbonyl (C=O) groups excluding carboxylic acids is 5. The van der Waals surface area contributed by atoms with Crippen LogP contribution in [0.15, 0.2) is 171 Å². The van der Waals surface area contributed by atoms with Crippen molar-refractivity contribution in [2.75, 3.05) is 152 Å². The first-order valence-corrected chi connectivity index (χ1v) is 47.3. The highest BCUT2D eigenvalue weighted by molar-refractivity contribution is 7.99. The molecule has 122 heavy (non-hydrogen) atoms. The normalized spacial score (nSPS) is 19.4. The molecule has 5 heterocycles. The van der Waals surface area contributed by atoms with E-state index in [0.717, 1.165) is 135 Å². The minimum absolute atomic E-state index is 0.0162. The van der Waals surface area contributed by atoms with Gasteiger partial charge in [0.15, 0.2) is 0 Å². The van der Waals surface area contributed by atoms with E-state index in [-0.39, 0.29) is 54.1 Å². The molecule has 0 spiro atoms. The molecule has 0 radical (unpaired) electrons. The molecule has 0 saturated carbocycles. The van der Waals surface area contributed by atoms with Crippen molar-refractivity contribution in [3.05, 3.63) is 190 Å². The van der Waals surface area contributed by atoms with Crippen molar-refractivity contribution in [3.63, 3.8) is 0 Å². The van der Waals surface area contributed by atoms with Crippen molar-refractivity contribution in [1.29, 1.82) is 0 Å². The molecule has 4 aliphatic heterocycles. The number of thioether (sulfide) groups is 1. The summed E-state index contributed by atoms with van der Waals surface area (Å²) in [5.74, 6) is -1.95. The summed E-state index contributed by atoms with van der Waals surface area (Å²) in [7, 11) is -8.80. The number of hydrogen-bond donors (Lipinski definition) is 6. The van der Waals surface area contributed by atoms with Crippen LogP contribution in [0.4, 0.5) is 30.2 Å². The molecular weight excluding hydrogens is 1660 g/mol. The van der Waals surface area contributed by atoms with Gasteiger partial charge in [0.1, 0.15) is 17.0 Å². The van der Waals surface area contributed by atoms with Gasteiger partial charge in [0.25, 0.3) is 31.7 Å². The van der Waals surface area contributed by atoms with E-state index in [2.05, 4.69) is 81.8 Å². The zero-order valence-electron chi connectivity index (χ0n) is 70.6. The van der Waals surface area contributed by atoms with Crippen LogP contribution in [0.1, 0.15) is 136 Å². The van der Waals surface area contributed by atoms with Crippen molar-refractivity contribution >= 4 is 107 Å². The highest BCUT2D eigenvalue weighted by Crippen LogP contribution is 2.45. The second-order valence-corrected chi connectivity index (χ2v) is 40.2. The number of β-amino-alcohol motifs (C(OH)–C–C–N with tert-alkyl or cyclic N) is 1. The summed E-state index contributed by atoms with van der Waals surface area (Å²) in [6.07, 6.45) is 4.55. The number of carbonyl (C=O) groups is 5. The van der Waals surface area contributed by atoms with Gasteiger partial charge in [-0.15, -0.1) is 23.1 Å². The number of amides is 5. The second-order valence-electron chi connectivity index (χ2n) is 34.2. The number of aliphatic hydroxyl groups is 1. The third kappa shape index (κ3) is 24.8. The van der Waals surface area contributed by atoms with E-state index in [1.807, 2.05) is 136 Å². The lowest BCUT2D eigenvalue weighted by Crippen LogP contribution is -2.57. The molecule has 32 heteroatoms. The number of ether oxygens (including phenoxy) is 1. The number of anilines is 3. The van der Waals surface area contributed by atoms with Gasteiger partial charge in [-0.3, -0.25) is 38.7 Å². The van der Waals surface area contributed by atoms with Gasteiger partial charge in [0.05, 0.1) is 52.0 Å². The van der Waals surface area contributed by atoms with Gasteiger partial charge in [-0.2, -0.15) is 13.2 Å². The minimum atomic E-state index is -6.11. The van der Waals surface area contributed by atoms with E-state index >= 15 is 0 Å². The van der Waals surface area contributed by atoms with Crippen LogP contribution in [0.5, 0.6) is 0 Å². The standard InChI is InChI=1S/C90H115ClF3N13O11S4/c1-62(64-17-19-66(20-18-64)82-63(2)96-61-120-82)97-86(112)79-54-74(108)58-107(79)87(113)83(88(3,4)5)99-81(109)16-12-9-13-38-95-84(110)67-23-29-72(30-24-67)105-46-42-103(43-47-105)41-40-101(7)60-89(6)37-35-77(65-21-27-70(91)28-22-65)69(56-89)57-104-44-48-106(49-45-104)73-31-25-68(26-32-73)85(111)100-122(116,117)76-33-34-78(80(55-76)121(114,115)90(92,93)94)98-71(36-39-102-50-52-118-53-51-102)59-119-75-14-10-8-11-15-75/h8,10-11,14-15,17-34,55,61-62,71,74,79,83,98,108H,9,12-13,16,35-54,56-60H2,1-7H3,(H,95,110)(H,97,112)(H,99,109)(H,100,111)/t62-,71+,74+,79-,83+,89?/m0/s1. The number of halogens is 4. The number of hydrogen-bond acceptors (Lipinski definition) is 21. The van der Waals surface area contributed by atoms with E-state index in [0.29, 0.717) is 101 Å². The molecule has 12 rings (SSSR count). The molecule has 6 N–H and O–H groups in total. The molecule has 658 valence electrons. The third-order valence-corrected chi connectivity index (χ3v) is 29.1. The molecule has 4 fully saturated rings. The van der Waals surface area contributed by atoms with E-state index in [4.69, 9.17) is 16.3 Å². The summed E-state index contributed by atoms with van der Waals surface area (Å²) in [4.78, 5) is 88.3. The Bertz CT molecular complexity index is 4990. The SMILES string of the molecule is Cc1ncsc1-c1ccc([C@H](C)NC(=O)[C@@H]2C[C@@H](O)CN2C(=O)[C@@H](NC(=O)CCCCCNC(=O)c2ccc(N3CCN(CCN(C)CC4(C)CCC(c5ccc(Cl)cc5)=C(CN5CCN(c6ccc(C(=O)NS(=O)(=O)c7ccc(N[C@H](CCN8CCOCC8)CSc8ccccc8)c(S(=O)(=O)C(F)(F)F)c7)cc6)CC5)C4)CC3)cc2)C(C)(C)C)cc1. The molecule has 6 atom stereocenters. The maximum Gasteiger partial charge on any atom is 0.501 e. The average Bonchev–Trinajstić information content (AvgIpc) is 0.903. The quantitative estimate of drug-likeness (QED) is 0.0159. The highest BCUT2D eigenvalue weighted by Gasteiger charge is 2.49. The number of allylic oxidation sites excluding steroid dienone is 1. The Balaban J connectivity index is 0.559. The van der Waals surface area contributed by atoms with Crippen molar-refractivity contribution in [2.24, 2.45) is 10.8 Å². The smallest absolute Gasteiger partial charge is 0.391 e. The molecule has 4 saturated heterocycles. The van der Waals surface area contributed by atoms with Gasteiger partial charge >= 0.3 is 5.51 Å². The fourth-order valence-electron chi connectivity index (χ4n) is 16.8. The number of likely N-dealkylation sites (tertiary alicyclic amines) is 1. The first-order valence-electron chi connectivity index (χ1n) is 42.1. The van der Waals surface area contributed by atoms with Crippen LogP contribution in [0.3, 0.4) is 0 Å². The number of sulfonamides is 1. The lowest BCUT2D eigenvalue weighted by atomic mass is 9.71. The average molecular weight is 1780 g/mol. The Labute approximate surface area is 729 Å². The summed E-state index contributed by atoms with van der Waals surface area (Å²) in [5.41, 5.74) is 4.17. The van der Waals surface area contributed by atoms with Crippen LogP contribution in [0.2, 0.25) is 5.02 Å². The number of aliphatic hydroxyl groups excluding tert-OH is 1. The molecule has 7 aromatic rings. The number of nitrogens with zero attached hydrogens (tertiary/aromatic N) is 8. The predicted octanol–water partition coefficient (Wildman–Crippen LogP) is 12.7. The van der Waals surface area contributed by atoms with Gasteiger partial charge < -0.3 is 50.7 Å². The van der Waals surface area contributed by atoms with Gasteiger partial charge in [-0.25, -0.2) is 26.5 Å². The fraction of sp³-hybridized carbons (Fsp3) is 0.489. The molecule has 24 nitrogen and oxygen atoms in total. The topological polar surface area (TPSA) is 279 Å². The second kappa shape index (κ2) is 41.6. The van der Waals surface area contributed by atoms with Crippen molar-refractivity contribution in [3.8, 4) is 10.4 Å².